The fraction of sp³-hybridized carbons (Fsp3) is 0. The van der Waals surface area contributed by atoms with Gasteiger partial charge in [0.25, 0.3) is 0 Å². The maximum Gasteiger partial charge on any atom is 0.156 e. The van der Waals surface area contributed by atoms with Crippen LogP contribution in [0.25, 0.3) is 114 Å². The highest BCUT2D eigenvalue weighted by Crippen LogP contribution is 2.44. The van der Waals surface area contributed by atoms with Gasteiger partial charge in [0.1, 0.15) is 0 Å². The molecule has 250 valence electrons. The van der Waals surface area contributed by atoms with E-state index in [-0.39, 0.29) is 0 Å². The molecular weight excluding hydrogens is 675 g/mol. The molecule has 0 fully saturated rings. The van der Waals surface area contributed by atoms with Gasteiger partial charge in [-0.25, -0.2) is 4.98 Å². The van der Waals surface area contributed by atoms with Crippen LogP contribution in [0.5, 0.6) is 0 Å². The number of imidazole rings is 1. The average molecular weight is 704 g/mol. The van der Waals surface area contributed by atoms with Crippen LogP contribution < -0.4 is 0 Å². The van der Waals surface area contributed by atoms with Crippen LogP contribution in [0.3, 0.4) is 0 Å². The summed E-state index contributed by atoms with van der Waals surface area (Å²) in [5.74, 6) is 0. The van der Waals surface area contributed by atoms with Gasteiger partial charge in [0.15, 0.2) is 5.65 Å². The maximum absolute atomic E-state index is 5.43. The van der Waals surface area contributed by atoms with Crippen molar-refractivity contribution in [2.45, 2.75) is 0 Å². The molecule has 8 aromatic carbocycles. The van der Waals surface area contributed by atoms with Crippen LogP contribution in [-0.2, 0) is 0 Å². The van der Waals surface area contributed by atoms with Crippen molar-refractivity contribution in [3.63, 3.8) is 0 Å². The van der Waals surface area contributed by atoms with Crippen LogP contribution in [0.4, 0.5) is 0 Å². The third-order valence-electron chi connectivity index (χ3n) is 11.2. The molecule has 0 unspecified atom stereocenters. The van der Waals surface area contributed by atoms with Gasteiger partial charge >= 0.3 is 0 Å². The Kier molecular flexibility index (Phi) is 6.21. The summed E-state index contributed by atoms with van der Waals surface area (Å²) in [6.45, 7) is 0. The number of hydrogen-bond acceptors (Lipinski definition) is 3. The Morgan fingerprint density at radius 2 is 1.00 bits per heavy atom. The van der Waals surface area contributed by atoms with Gasteiger partial charge in [0, 0.05) is 37.8 Å². The second-order valence-corrected chi connectivity index (χ2v) is 15.2. The topological polar surface area (TPSA) is 30.2 Å². The molecule has 0 spiro atoms. The number of thiophene rings is 1. The SMILES string of the molecule is c1ccc2c(c1)cnc1cc(-c3ccc(-c4ccc(-c5cc6c7ccc8ccccc8c7sc6c6nc7c8ccccc8ccc7n56)cc4)cc3)ccc12. The Labute approximate surface area is 314 Å². The van der Waals surface area contributed by atoms with E-state index in [0.29, 0.717) is 0 Å². The number of pyridine rings is 2. The van der Waals surface area contributed by atoms with Gasteiger partial charge in [-0.05, 0) is 67.6 Å². The van der Waals surface area contributed by atoms with Crippen molar-refractivity contribution in [3.8, 4) is 33.5 Å². The van der Waals surface area contributed by atoms with E-state index in [1.807, 2.05) is 17.5 Å². The van der Waals surface area contributed by atoms with Crippen molar-refractivity contribution in [2.24, 2.45) is 0 Å². The van der Waals surface area contributed by atoms with E-state index >= 15 is 0 Å². The lowest BCUT2D eigenvalue weighted by Gasteiger charge is -2.11. The molecule has 0 N–H and O–H groups in total. The highest BCUT2D eigenvalue weighted by atomic mass is 32.1. The zero-order chi connectivity index (χ0) is 35.3. The standard InChI is InChI=1S/C50H29N3S/c1-5-11-39-33(7-1)23-26-45-47(39)52-50-49-43(42-25-21-34-8-2-6-12-40(34)48(42)54-49)28-46(53(45)50)35-19-17-31(18-20-35)30-13-15-32(16-14-30)36-22-24-41-38-10-4-3-9-37(38)29-51-44(41)27-36/h1-29H. The molecular formula is C50H29N3S. The van der Waals surface area contributed by atoms with Crippen LogP contribution in [0, 0.1) is 0 Å². The minimum Gasteiger partial charge on any atom is -0.291 e. The van der Waals surface area contributed by atoms with E-state index in [9.17, 15) is 0 Å². The number of rotatable bonds is 3. The van der Waals surface area contributed by atoms with Crippen molar-refractivity contribution in [1.82, 2.24) is 14.4 Å². The summed E-state index contributed by atoms with van der Waals surface area (Å²) in [7, 11) is 0. The second-order valence-electron chi connectivity index (χ2n) is 14.2. The van der Waals surface area contributed by atoms with E-state index in [2.05, 4.69) is 174 Å². The number of nitrogens with zero attached hydrogens (tertiary/aromatic N) is 3. The first kappa shape index (κ1) is 29.7. The Hall–Kier alpha value is -6.88. The number of fused-ring (bicyclic) bond motifs is 14. The Balaban J connectivity index is 0.982. The van der Waals surface area contributed by atoms with Crippen LogP contribution in [0.15, 0.2) is 176 Å². The summed E-state index contributed by atoms with van der Waals surface area (Å²) in [6, 6.07) is 61.6. The predicted molar refractivity (Wildman–Crippen MR) is 230 cm³/mol. The highest BCUT2D eigenvalue weighted by Gasteiger charge is 2.20. The first-order valence-electron chi connectivity index (χ1n) is 18.3. The molecule has 0 radical (unpaired) electrons. The van der Waals surface area contributed by atoms with Gasteiger partial charge < -0.3 is 0 Å². The first-order valence-corrected chi connectivity index (χ1v) is 19.1. The van der Waals surface area contributed by atoms with Gasteiger partial charge in [-0.2, -0.15) is 0 Å². The molecule has 3 nitrogen and oxygen atoms in total. The Morgan fingerprint density at radius 3 is 1.78 bits per heavy atom. The molecule has 0 aliphatic heterocycles. The van der Waals surface area contributed by atoms with Crippen LogP contribution in [-0.4, -0.2) is 14.4 Å². The molecule has 0 saturated heterocycles. The third kappa shape index (κ3) is 4.35. The van der Waals surface area contributed by atoms with E-state index in [0.717, 1.165) is 33.5 Å². The van der Waals surface area contributed by atoms with Gasteiger partial charge in [0.05, 0.1) is 26.9 Å². The van der Waals surface area contributed by atoms with Crippen LogP contribution in [0.1, 0.15) is 0 Å². The Bertz CT molecular complexity index is 3480. The molecule has 0 atom stereocenters. The number of benzene rings is 8. The number of hydrogen-bond donors (Lipinski definition) is 0. The molecule has 4 heteroatoms. The van der Waals surface area contributed by atoms with Gasteiger partial charge in [-0.15, -0.1) is 11.3 Å². The molecule has 12 aromatic rings. The normalized spacial score (nSPS) is 12.1. The second kappa shape index (κ2) is 11.3. The van der Waals surface area contributed by atoms with E-state index in [1.54, 1.807) is 0 Å². The monoisotopic (exact) mass is 703 g/mol. The van der Waals surface area contributed by atoms with Crippen molar-refractivity contribution < 1.29 is 0 Å². The predicted octanol–water partition coefficient (Wildman–Crippen LogP) is 13.9. The van der Waals surface area contributed by atoms with E-state index < -0.39 is 0 Å². The first-order chi connectivity index (χ1) is 26.7. The largest absolute Gasteiger partial charge is 0.291 e. The molecule has 0 amide bonds. The average Bonchev–Trinajstić information content (AvgIpc) is 3.83. The summed E-state index contributed by atoms with van der Waals surface area (Å²) >= 11 is 1.86. The van der Waals surface area contributed by atoms with Gasteiger partial charge in [0.2, 0.25) is 0 Å². The Morgan fingerprint density at radius 1 is 0.407 bits per heavy atom. The van der Waals surface area contributed by atoms with E-state index in [4.69, 9.17) is 9.97 Å². The zero-order valence-electron chi connectivity index (χ0n) is 29.0. The summed E-state index contributed by atoms with van der Waals surface area (Å²) < 4.78 is 4.91. The lowest BCUT2D eigenvalue weighted by molar-refractivity contribution is 1.25. The summed E-state index contributed by atoms with van der Waals surface area (Å²) in [6.07, 6.45) is 1.97. The molecule has 4 heterocycles. The third-order valence-corrected chi connectivity index (χ3v) is 12.5. The lowest BCUT2D eigenvalue weighted by Crippen LogP contribution is -1.93. The molecule has 0 aliphatic carbocycles. The molecule has 54 heavy (non-hydrogen) atoms. The van der Waals surface area contributed by atoms with E-state index in [1.165, 1.54) is 80.1 Å². The summed E-state index contributed by atoms with van der Waals surface area (Å²) in [4.78, 5) is 10.2. The minimum absolute atomic E-state index is 1.01. The fourth-order valence-corrected chi connectivity index (χ4v) is 9.80. The molecule has 12 rings (SSSR count). The molecule has 0 bridgehead atoms. The smallest absolute Gasteiger partial charge is 0.156 e. The maximum atomic E-state index is 5.43. The lowest BCUT2D eigenvalue weighted by atomic mass is 9.97. The minimum atomic E-state index is 1.01. The number of aromatic nitrogens is 3. The van der Waals surface area contributed by atoms with Crippen molar-refractivity contribution in [3.05, 3.63) is 176 Å². The summed E-state index contributed by atoms with van der Waals surface area (Å²) in [5.41, 5.74) is 11.2. The quantitative estimate of drug-likeness (QED) is 0.172. The molecule has 0 saturated carbocycles. The highest BCUT2D eigenvalue weighted by molar-refractivity contribution is 7.27. The van der Waals surface area contributed by atoms with Crippen LogP contribution >= 0.6 is 11.3 Å². The molecule has 0 aliphatic rings. The summed E-state index contributed by atoms with van der Waals surface area (Å²) in [5, 5.41) is 11.0. The van der Waals surface area contributed by atoms with Gasteiger partial charge in [-0.1, -0.05) is 152 Å². The van der Waals surface area contributed by atoms with Crippen molar-refractivity contribution >= 4 is 91.4 Å². The van der Waals surface area contributed by atoms with Crippen molar-refractivity contribution in [1.29, 1.82) is 0 Å². The van der Waals surface area contributed by atoms with Crippen molar-refractivity contribution in [2.75, 3.05) is 0 Å². The zero-order valence-corrected chi connectivity index (χ0v) is 29.8. The van der Waals surface area contributed by atoms with Gasteiger partial charge in [-0.3, -0.25) is 9.38 Å². The molecule has 4 aromatic heterocycles. The fourth-order valence-electron chi connectivity index (χ4n) is 8.50. The van der Waals surface area contributed by atoms with Crippen LogP contribution in [0.2, 0.25) is 0 Å².